The fraction of sp³-hybridized carbons (Fsp3) is 0.667. The molecule has 0 bridgehead atoms. The van der Waals surface area contributed by atoms with Crippen LogP contribution in [0.5, 0.6) is 0 Å². The van der Waals surface area contributed by atoms with Crippen molar-refractivity contribution in [1.29, 1.82) is 0 Å². The molecular weight excluding hydrogens is 298 g/mol. The van der Waals surface area contributed by atoms with Crippen molar-refractivity contribution in [2.24, 2.45) is 5.92 Å². The van der Waals surface area contributed by atoms with E-state index in [1.54, 1.807) is 0 Å². The topological polar surface area (TPSA) is 12.0 Å². The predicted molar refractivity (Wildman–Crippen MR) is 95.4 cm³/mol. The van der Waals surface area contributed by atoms with Crippen LogP contribution in [0.1, 0.15) is 64.5 Å². The van der Waals surface area contributed by atoms with E-state index in [1.807, 2.05) is 11.8 Å². The molecule has 2 rings (SSSR count). The lowest BCUT2D eigenvalue weighted by Gasteiger charge is -2.26. The number of hydrogen-bond donors (Lipinski definition) is 1. The van der Waals surface area contributed by atoms with Crippen LogP contribution in [0.4, 0.5) is 0 Å². The minimum absolute atomic E-state index is 0.371. The molecule has 1 nitrogen and oxygen atoms in total. The van der Waals surface area contributed by atoms with Crippen molar-refractivity contribution in [3.05, 3.63) is 28.8 Å². The molecule has 118 valence electrons. The second kappa shape index (κ2) is 8.45. The van der Waals surface area contributed by atoms with Crippen molar-refractivity contribution in [1.82, 2.24) is 5.32 Å². The van der Waals surface area contributed by atoms with E-state index in [1.165, 1.54) is 36.1 Å². The standard InChI is InChI=1S/C18H28ClNS/c1-4-10-20-14(3)15-8-9-18(17(19)12-15)21-16-7-5-6-13(2)11-16/h8-9,12-14,16,20H,4-7,10-11H2,1-3H3. The average molecular weight is 326 g/mol. The fourth-order valence-electron chi connectivity index (χ4n) is 3.03. The number of rotatable bonds is 6. The molecule has 0 amide bonds. The maximum Gasteiger partial charge on any atom is 0.0545 e. The maximum absolute atomic E-state index is 6.51. The van der Waals surface area contributed by atoms with Gasteiger partial charge in [0.1, 0.15) is 0 Å². The molecule has 0 saturated heterocycles. The lowest BCUT2D eigenvalue weighted by Crippen LogP contribution is -2.19. The van der Waals surface area contributed by atoms with E-state index in [2.05, 4.69) is 44.3 Å². The van der Waals surface area contributed by atoms with Crippen molar-refractivity contribution in [2.45, 2.75) is 69.1 Å². The Balaban J connectivity index is 1.98. The van der Waals surface area contributed by atoms with Crippen molar-refractivity contribution in [2.75, 3.05) is 6.54 Å². The monoisotopic (exact) mass is 325 g/mol. The fourth-order valence-corrected chi connectivity index (χ4v) is 4.73. The Morgan fingerprint density at radius 3 is 2.86 bits per heavy atom. The Labute approximate surface area is 139 Å². The second-order valence-electron chi connectivity index (χ2n) is 6.38. The quantitative estimate of drug-likeness (QED) is 0.681. The molecule has 0 aromatic heterocycles. The largest absolute Gasteiger partial charge is 0.310 e. The van der Waals surface area contributed by atoms with Gasteiger partial charge in [0.25, 0.3) is 0 Å². The van der Waals surface area contributed by atoms with Crippen LogP contribution in [0.15, 0.2) is 23.1 Å². The highest BCUT2D eigenvalue weighted by atomic mass is 35.5. The number of benzene rings is 1. The van der Waals surface area contributed by atoms with E-state index in [0.29, 0.717) is 6.04 Å². The lowest BCUT2D eigenvalue weighted by atomic mass is 9.91. The zero-order chi connectivity index (χ0) is 15.2. The third-order valence-corrected chi connectivity index (χ3v) is 6.13. The van der Waals surface area contributed by atoms with E-state index in [0.717, 1.165) is 29.2 Å². The molecule has 1 aromatic carbocycles. The summed E-state index contributed by atoms with van der Waals surface area (Å²) < 4.78 is 0. The molecule has 0 aliphatic heterocycles. The SMILES string of the molecule is CCCNC(C)c1ccc(SC2CCCC(C)C2)c(Cl)c1. The summed E-state index contributed by atoms with van der Waals surface area (Å²) >= 11 is 8.50. The summed E-state index contributed by atoms with van der Waals surface area (Å²) in [6.07, 6.45) is 6.58. The molecular formula is C18H28ClNS. The van der Waals surface area contributed by atoms with Crippen LogP contribution in [0.2, 0.25) is 5.02 Å². The third kappa shape index (κ3) is 5.19. The Bertz CT molecular complexity index is 449. The van der Waals surface area contributed by atoms with Crippen LogP contribution >= 0.6 is 23.4 Å². The number of thioether (sulfide) groups is 1. The Morgan fingerprint density at radius 2 is 2.19 bits per heavy atom. The Kier molecular flexibility index (Phi) is 6.91. The van der Waals surface area contributed by atoms with E-state index in [9.17, 15) is 0 Å². The first-order chi connectivity index (χ1) is 10.1. The first-order valence-corrected chi connectivity index (χ1v) is 9.55. The van der Waals surface area contributed by atoms with Gasteiger partial charge in [0.05, 0.1) is 5.02 Å². The highest BCUT2D eigenvalue weighted by Gasteiger charge is 2.20. The lowest BCUT2D eigenvalue weighted by molar-refractivity contribution is 0.394. The maximum atomic E-state index is 6.51. The molecule has 0 heterocycles. The zero-order valence-corrected chi connectivity index (χ0v) is 15.1. The number of nitrogens with one attached hydrogen (secondary N) is 1. The first-order valence-electron chi connectivity index (χ1n) is 8.29. The van der Waals surface area contributed by atoms with Gasteiger partial charge in [-0.05, 0) is 56.3 Å². The number of hydrogen-bond acceptors (Lipinski definition) is 2. The van der Waals surface area contributed by atoms with Crippen molar-refractivity contribution in [3.63, 3.8) is 0 Å². The third-order valence-electron chi connectivity index (χ3n) is 4.34. The molecule has 3 heteroatoms. The van der Waals surface area contributed by atoms with Crippen molar-refractivity contribution in [3.8, 4) is 0 Å². The summed E-state index contributed by atoms with van der Waals surface area (Å²) in [5, 5.41) is 5.18. The van der Waals surface area contributed by atoms with Crippen molar-refractivity contribution >= 4 is 23.4 Å². The van der Waals surface area contributed by atoms with Gasteiger partial charge in [-0.25, -0.2) is 0 Å². The minimum Gasteiger partial charge on any atom is -0.310 e. The van der Waals surface area contributed by atoms with E-state index >= 15 is 0 Å². The molecule has 0 radical (unpaired) electrons. The van der Waals surface area contributed by atoms with E-state index in [4.69, 9.17) is 11.6 Å². The van der Waals surface area contributed by atoms with Crippen LogP contribution < -0.4 is 5.32 Å². The Hall–Kier alpha value is -0.180. The first kappa shape index (κ1) is 17.2. The van der Waals surface area contributed by atoms with Gasteiger partial charge >= 0.3 is 0 Å². The predicted octanol–water partition coefficient (Wildman–Crippen LogP) is 6.07. The smallest absolute Gasteiger partial charge is 0.0545 e. The molecule has 0 spiro atoms. The molecule has 21 heavy (non-hydrogen) atoms. The van der Waals surface area contributed by atoms with Gasteiger partial charge in [0.2, 0.25) is 0 Å². The molecule has 1 fully saturated rings. The van der Waals surface area contributed by atoms with Gasteiger partial charge in [0.15, 0.2) is 0 Å². The second-order valence-corrected chi connectivity index (χ2v) is 8.13. The van der Waals surface area contributed by atoms with Gasteiger partial charge < -0.3 is 5.32 Å². The normalized spacial score (nSPS) is 24.0. The minimum atomic E-state index is 0.371. The van der Waals surface area contributed by atoms with Crippen molar-refractivity contribution < 1.29 is 0 Å². The van der Waals surface area contributed by atoms with Crippen LogP contribution in [0.25, 0.3) is 0 Å². The van der Waals surface area contributed by atoms with Gasteiger partial charge in [0, 0.05) is 16.2 Å². The van der Waals surface area contributed by atoms with Crippen LogP contribution in [-0.4, -0.2) is 11.8 Å². The molecule has 1 aliphatic carbocycles. The van der Waals surface area contributed by atoms with Crippen LogP contribution in [-0.2, 0) is 0 Å². The summed E-state index contributed by atoms with van der Waals surface area (Å²) in [6.45, 7) is 7.82. The molecule has 1 N–H and O–H groups in total. The van der Waals surface area contributed by atoms with Crippen LogP contribution in [0, 0.1) is 5.92 Å². The average Bonchev–Trinajstić information content (AvgIpc) is 2.47. The van der Waals surface area contributed by atoms with Crippen LogP contribution in [0.3, 0.4) is 0 Å². The summed E-state index contributed by atoms with van der Waals surface area (Å²) in [6, 6.07) is 6.96. The summed E-state index contributed by atoms with van der Waals surface area (Å²) in [4.78, 5) is 1.25. The summed E-state index contributed by atoms with van der Waals surface area (Å²) in [7, 11) is 0. The molecule has 1 saturated carbocycles. The highest BCUT2D eigenvalue weighted by Crippen LogP contribution is 2.39. The summed E-state index contributed by atoms with van der Waals surface area (Å²) in [5.41, 5.74) is 1.29. The zero-order valence-electron chi connectivity index (χ0n) is 13.5. The molecule has 1 aliphatic rings. The van der Waals surface area contributed by atoms with E-state index in [-0.39, 0.29) is 0 Å². The van der Waals surface area contributed by atoms with Gasteiger partial charge in [-0.2, -0.15) is 0 Å². The summed E-state index contributed by atoms with van der Waals surface area (Å²) in [5.74, 6) is 0.868. The molecule has 3 atom stereocenters. The number of halogens is 1. The Morgan fingerprint density at radius 1 is 1.38 bits per heavy atom. The van der Waals surface area contributed by atoms with E-state index < -0.39 is 0 Å². The van der Waals surface area contributed by atoms with Gasteiger partial charge in [-0.3, -0.25) is 0 Å². The van der Waals surface area contributed by atoms with Gasteiger partial charge in [-0.15, -0.1) is 11.8 Å². The molecule has 3 unspecified atom stereocenters. The molecule has 1 aromatic rings. The van der Waals surface area contributed by atoms with Gasteiger partial charge in [-0.1, -0.05) is 44.4 Å². The highest BCUT2D eigenvalue weighted by molar-refractivity contribution is 8.00.